The highest BCUT2D eigenvalue weighted by atomic mass is 32.1. The maximum atomic E-state index is 13.0. The number of hydrogen-bond donors (Lipinski definition) is 1. The first-order valence-corrected chi connectivity index (χ1v) is 8.31. The van der Waals surface area contributed by atoms with Gasteiger partial charge in [0, 0.05) is 17.1 Å². The zero-order valence-corrected chi connectivity index (χ0v) is 14.2. The van der Waals surface area contributed by atoms with E-state index in [1.807, 2.05) is 29.6 Å². The lowest BCUT2D eigenvalue weighted by Crippen LogP contribution is -1.94. The van der Waals surface area contributed by atoms with E-state index in [1.54, 1.807) is 25.4 Å². The molecule has 0 aliphatic carbocycles. The first-order valence-electron chi connectivity index (χ1n) is 7.43. The minimum atomic E-state index is -0.294. The number of aromatic nitrogens is 1. The molecule has 0 radical (unpaired) electrons. The number of thiazole rings is 1. The third-order valence-corrected chi connectivity index (χ3v) is 4.35. The summed E-state index contributed by atoms with van der Waals surface area (Å²) in [6.45, 7) is 0. The van der Waals surface area contributed by atoms with Gasteiger partial charge >= 0.3 is 0 Å². The average molecular weight is 351 g/mol. The van der Waals surface area contributed by atoms with E-state index in [1.165, 1.54) is 23.5 Å². The lowest BCUT2D eigenvalue weighted by atomic mass is 10.2. The molecule has 0 amide bonds. The molecule has 1 heterocycles. The van der Waals surface area contributed by atoms with Crippen LogP contribution in [0.15, 0.2) is 60.1 Å². The maximum Gasteiger partial charge on any atom is 0.142 e. The molecular weight excluding hydrogens is 337 g/mol. The Morgan fingerprint density at radius 1 is 1.24 bits per heavy atom. The summed E-state index contributed by atoms with van der Waals surface area (Å²) in [4.78, 5) is 4.47. The molecule has 3 rings (SSSR count). The lowest BCUT2D eigenvalue weighted by Gasteiger charge is -2.07. The number of rotatable bonds is 5. The lowest BCUT2D eigenvalue weighted by molar-refractivity contribution is 0.417. The summed E-state index contributed by atoms with van der Waals surface area (Å²) < 4.78 is 18.3. The van der Waals surface area contributed by atoms with E-state index >= 15 is 0 Å². The number of ether oxygens (including phenoxy) is 1. The van der Waals surface area contributed by atoms with E-state index in [-0.39, 0.29) is 5.82 Å². The fourth-order valence-corrected chi connectivity index (χ4v) is 3.00. The molecule has 0 atom stereocenters. The normalized spacial score (nSPS) is 11.0. The summed E-state index contributed by atoms with van der Waals surface area (Å²) in [6, 6.07) is 15.7. The van der Waals surface area contributed by atoms with Gasteiger partial charge in [0.2, 0.25) is 0 Å². The standard InChI is InChI=1S/C19H14FN3OS/c1-24-18-5-3-2-4-16(18)22-11-14(10-21)19-23-17(12-25-19)13-6-8-15(20)9-7-13/h2-9,11-12,22H,1H3. The Morgan fingerprint density at radius 3 is 2.72 bits per heavy atom. The number of methoxy groups -OCH3 is 1. The smallest absolute Gasteiger partial charge is 0.142 e. The van der Waals surface area contributed by atoms with Crippen molar-refractivity contribution >= 4 is 22.6 Å². The van der Waals surface area contributed by atoms with Gasteiger partial charge in [-0.1, -0.05) is 12.1 Å². The summed E-state index contributed by atoms with van der Waals surface area (Å²) >= 11 is 1.36. The fourth-order valence-electron chi connectivity index (χ4n) is 2.21. The van der Waals surface area contributed by atoms with Gasteiger partial charge in [0.1, 0.15) is 28.2 Å². The SMILES string of the molecule is COc1ccccc1NC=C(C#N)c1nc(-c2ccc(F)cc2)cs1. The fraction of sp³-hybridized carbons (Fsp3) is 0.0526. The number of nitrogens with zero attached hydrogens (tertiary/aromatic N) is 2. The Hall–Kier alpha value is -3.17. The van der Waals surface area contributed by atoms with Crippen molar-refractivity contribution in [3.8, 4) is 23.1 Å². The quantitative estimate of drug-likeness (QED) is 0.662. The number of benzene rings is 2. The van der Waals surface area contributed by atoms with Crippen molar-refractivity contribution in [3.05, 3.63) is 70.9 Å². The van der Waals surface area contributed by atoms with Crippen LogP contribution in [0.1, 0.15) is 5.01 Å². The minimum Gasteiger partial charge on any atom is -0.495 e. The molecule has 124 valence electrons. The molecule has 0 unspecified atom stereocenters. The van der Waals surface area contributed by atoms with E-state index in [4.69, 9.17) is 4.74 Å². The van der Waals surface area contributed by atoms with Crippen molar-refractivity contribution in [2.24, 2.45) is 0 Å². The molecule has 4 nitrogen and oxygen atoms in total. The molecule has 0 spiro atoms. The van der Waals surface area contributed by atoms with Crippen LogP contribution in [0.3, 0.4) is 0 Å². The minimum absolute atomic E-state index is 0.294. The van der Waals surface area contributed by atoms with E-state index in [0.717, 1.165) is 11.3 Å². The van der Waals surface area contributed by atoms with Gasteiger partial charge in [-0.05, 0) is 36.4 Å². The average Bonchev–Trinajstić information content (AvgIpc) is 3.13. The van der Waals surface area contributed by atoms with Crippen LogP contribution in [-0.2, 0) is 0 Å². The van der Waals surface area contributed by atoms with Crippen molar-refractivity contribution in [2.75, 3.05) is 12.4 Å². The molecule has 3 aromatic rings. The van der Waals surface area contributed by atoms with E-state index in [9.17, 15) is 9.65 Å². The van der Waals surface area contributed by atoms with Crippen molar-refractivity contribution in [1.82, 2.24) is 4.98 Å². The third-order valence-electron chi connectivity index (χ3n) is 3.47. The highest BCUT2D eigenvalue weighted by Gasteiger charge is 2.09. The zero-order chi connectivity index (χ0) is 17.6. The molecule has 0 fully saturated rings. The molecule has 0 saturated heterocycles. The highest BCUT2D eigenvalue weighted by Crippen LogP contribution is 2.27. The zero-order valence-electron chi connectivity index (χ0n) is 13.4. The summed E-state index contributed by atoms with van der Waals surface area (Å²) in [5.74, 6) is 0.389. The number of nitrogens with one attached hydrogen (secondary N) is 1. The second-order valence-corrected chi connectivity index (χ2v) is 5.92. The molecule has 6 heteroatoms. The van der Waals surface area contributed by atoms with Gasteiger partial charge < -0.3 is 10.1 Å². The molecule has 0 saturated carbocycles. The highest BCUT2D eigenvalue weighted by molar-refractivity contribution is 7.11. The molecule has 0 aliphatic rings. The predicted molar refractivity (Wildman–Crippen MR) is 97.7 cm³/mol. The molecule has 0 aliphatic heterocycles. The largest absolute Gasteiger partial charge is 0.495 e. The summed E-state index contributed by atoms with van der Waals surface area (Å²) in [7, 11) is 1.59. The number of para-hydroxylation sites is 2. The van der Waals surface area contributed by atoms with Crippen molar-refractivity contribution in [3.63, 3.8) is 0 Å². The summed E-state index contributed by atoms with van der Waals surface area (Å²) in [5, 5.41) is 14.9. The van der Waals surface area contributed by atoms with Gasteiger partial charge in [-0.25, -0.2) is 9.37 Å². The Balaban J connectivity index is 1.84. The third kappa shape index (κ3) is 3.84. The van der Waals surface area contributed by atoms with Crippen LogP contribution in [0, 0.1) is 17.1 Å². The van der Waals surface area contributed by atoms with Crippen molar-refractivity contribution < 1.29 is 9.13 Å². The van der Waals surface area contributed by atoms with Crippen LogP contribution >= 0.6 is 11.3 Å². The molecular formula is C19H14FN3OS. The number of halogens is 1. The Labute approximate surface area is 148 Å². The Bertz CT molecular complexity index is 942. The van der Waals surface area contributed by atoms with Crippen LogP contribution in [-0.4, -0.2) is 12.1 Å². The molecule has 1 aromatic heterocycles. The number of hydrogen-bond acceptors (Lipinski definition) is 5. The Morgan fingerprint density at radius 2 is 2.00 bits per heavy atom. The first kappa shape index (κ1) is 16.7. The predicted octanol–water partition coefficient (Wildman–Crippen LogP) is 4.93. The first-order chi connectivity index (χ1) is 12.2. The molecule has 2 aromatic carbocycles. The number of allylic oxidation sites excluding steroid dienone is 1. The number of anilines is 1. The van der Waals surface area contributed by atoms with E-state index in [0.29, 0.717) is 22.0 Å². The second-order valence-electron chi connectivity index (χ2n) is 5.06. The van der Waals surface area contributed by atoms with Crippen LogP contribution in [0.25, 0.3) is 16.8 Å². The van der Waals surface area contributed by atoms with Crippen molar-refractivity contribution in [2.45, 2.75) is 0 Å². The monoisotopic (exact) mass is 351 g/mol. The van der Waals surface area contributed by atoms with Crippen molar-refractivity contribution in [1.29, 1.82) is 5.26 Å². The van der Waals surface area contributed by atoms with E-state index < -0.39 is 0 Å². The van der Waals surface area contributed by atoms with Crippen LogP contribution in [0.4, 0.5) is 10.1 Å². The van der Waals surface area contributed by atoms with Gasteiger partial charge in [0.05, 0.1) is 18.5 Å². The van der Waals surface area contributed by atoms with Gasteiger partial charge in [0.15, 0.2) is 0 Å². The van der Waals surface area contributed by atoms with Crippen LogP contribution in [0.5, 0.6) is 5.75 Å². The van der Waals surface area contributed by atoms with E-state index in [2.05, 4.69) is 16.4 Å². The van der Waals surface area contributed by atoms with Gasteiger partial charge in [-0.3, -0.25) is 0 Å². The molecule has 25 heavy (non-hydrogen) atoms. The molecule has 0 bridgehead atoms. The summed E-state index contributed by atoms with van der Waals surface area (Å²) in [5.41, 5.74) is 2.68. The van der Waals surface area contributed by atoms with Gasteiger partial charge in [-0.2, -0.15) is 5.26 Å². The summed E-state index contributed by atoms with van der Waals surface area (Å²) in [6.07, 6.45) is 1.60. The second kappa shape index (κ2) is 7.60. The van der Waals surface area contributed by atoms with Crippen LogP contribution < -0.4 is 10.1 Å². The molecule has 1 N–H and O–H groups in total. The van der Waals surface area contributed by atoms with Crippen LogP contribution in [0.2, 0.25) is 0 Å². The number of nitriles is 1. The van der Waals surface area contributed by atoms with Gasteiger partial charge in [-0.15, -0.1) is 11.3 Å². The Kier molecular flexibility index (Phi) is 5.07. The van der Waals surface area contributed by atoms with Gasteiger partial charge in [0.25, 0.3) is 0 Å². The maximum absolute atomic E-state index is 13.0. The topological polar surface area (TPSA) is 57.9 Å².